The van der Waals surface area contributed by atoms with Crippen molar-refractivity contribution in [1.82, 2.24) is 5.01 Å². The minimum Gasteiger partial charge on any atom is -0.497 e. The maximum Gasteiger partial charge on any atom is 0.240 e. The number of benzene rings is 1. The highest BCUT2D eigenvalue weighted by molar-refractivity contribution is 7.10. The van der Waals surface area contributed by atoms with Gasteiger partial charge in [0.05, 0.1) is 26.0 Å². The number of hydrogen-bond donors (Lipinski definition) is 0. The summed E-state index contributed by atoms with van der Waals surface area (Å²) in [5, 5.41) is 8.12. The molecule has 2 aromatic rings. The first-order valence-electron chi connectivity index (χ1n) is 7.27. The van der Waals surface area contributed by atoms with Gasteiger partial charge in [0.1, 0.15) is 11.5 Å². The number of hydrazone groups is 1. The van der Waals surface area contributed by atoms with Crippen LogP contribution in [0.2, 0.25) is 0 Å². The lowest BCUT2D eigenvalue weighted by Gasteiger charge is -2.18. The number of carbonyl (C=O) groups excluding carboxylic acids is 1. The van der Waals surface area contributed by atoms with Crippen molar-refractivity contribution in [2.75, 3.05) is 14.2 Å². The van der Waals surface area contributed by atoms with Gasteiger partial charge in [-0.25, -0.2) is 5.01 Å². The van der Waals surface area contributed by atoms with Crippen molar-refractivity contribution in [2.24, 2.45) is 5.10 Å². The van der Waals surface area contributed by atoms with E-state index in [0.29, 0.717) is 6.42 Å². The van der Waals surface area contributed by atoms with Gasteiger partial charge >= 0.3 is 0 Å². The summed E-state index contributed by atoms with van der Waals surface area (Å²) in [7, 11) is 3.25. The summed E-state index contributed by atoms with van der Waals surface area (Å²) >= 11 is 1.63. The molecule has 1 aromatic heterocycles. The Labute approximate surface area is 139 Å². The molecule has 0 spiro atoms. The van der Waals surface area contributed by atoms with Gasteiger partial charge < -0.3 is 9.47 Å². The Morgan fingerprint density at radius 3 is 2.74 bits per heavy atom. The Kier molecular flexibility index (Phi) is 4.34. The van der Waals surface area contributed by atoms with Gasteiger partial charge in [-0.2, -0.15) is 5.10 Å². The monoisotopic (exact) mass is 330 g/mol. The van der Waals surface area contributed by atoms with E-state index in [1.54, 1.807) is 30.6 Å². The van der Waals surface area contributed by atoms with Crippen LogP contribution in [-0.2, 0) is 4.79 Å². The molecule has 1 atom stereocenters. The van der Waals surface area contributed by atoms with Crippen LogP contribution in [0.25, 0.3) is 0 Å². The highest BCUT2D eigenvalue weighted by atomic mass is 32.1. The van der Waals surface area contributed by atoms with E-state index in [9.17, 15) is 4.79 Å². The fraction of sp³-hybridized carbons (Fsp3) is 0.294. The van der Waals surface area contributed by atoms with E-state index in [1.807, 2.05) is 35.7 Å². The molecule has 1 aromatic carbocycles. The Bertz CT molecular complexity index is 740. The number of methoxy groups -OCH3 is 2. The van der Waals surface area contributed by atoms with Gasteiger partial charge in [-0.05, 0) is 29.6 Å². The van der Waals surface area contributed by atoms with Crippen molar-refractivity contribution in [3.05, 3.63) is 46.2 Å². The molecule has 0 N–H and O–H groups in total. The number of amides is 1. The highest BCUT2D eigenvalue weighted by Crippen LogP contribution is 2.37. The number of thiophene rings is 1. The van der Waals surface area contributed by atoms with E-state index in [-0.39, 0.29) is 11.9 Å². The van der Waals surface area contributed by atoms with Crippen LogP contribution in [0.1, 0.15) is 29.8 Å². The normalized spacial score (nSPS) is 17.1. The van der Waals surface area contributed by atoms with E-state index in [1.165, 1.54) is 6.92 Å². The van der Waals surface area contributed by atoms with Crippen LogP contribution in [0.15, 0.2) is 40.8 Å². The minimum atomic E-state index is -0.0692. The predicted octanol–water partition coefficient (Wildman–Crippen LogP) is 3.46. The van der Waals surface area contributed by atoms with Gasteiger partial charge in [0, 0.05) is 23.8 Å². The molecule has 0 radical (unpaired) electrons. The van der Waals surface area contributed by atoms with Gasteiger partial charge in [-0.15, -0.1) is 11.3 Å². The van der Waals surface area contributed by atoms with Crippen LogP contribution in [0.3, 0.4) is 0 Å². The molecular weight excluding hydrogens is 312 g/mol. The lowest BCUT2D eigenvalue weighted by atomic mass is 10.0. The summed E-state index contributed by atoms with van der Waals surface area (Å²) in [6.07, 6.45) is 0.656. The fourth-order valence-corrected chi connectivity index (χ4v) is 3.52. The second kappa shape index (κ2) is 6.42. The van der Waals surface area contributed by atoms with Crippen LogP contribution in [-0.4, -0.2) is 30.8 Å². The van der Waals surface area contributed by atoms with Crippen molar-refractivity contribution in [3.8, 4) is 11.5 Å². The number of ether oxygens (including phenoxy) is 2. The molecule has 120 valence electrons. The van der Waals surface area contributed by atoms with Gasteiger partial charge in [0.25, 0.3) is 0 Å². The molecule has 1 aliphatic rings. The summed E-state index contributed by atoms with van der Waals surface area (Å²) in [6.45, 7) is 1.54. The van der Waals surface area contributed by atoms with Gasteiger partial charge in [0.15, 0.2) is 0 Å². The molecule has 23 heavy (non-hydrogen) atoms. The summed E-state index contributed by atoms with van der Waals surface area (Å²) < 4.78 is 10.7. The molecule has 0 fully saturated rings. The summed E-state index contributed by atoms with van der Waals surface area (Å²) in [4.78, 5) is 13.1. The van der Waals surface area contributed by atoms with Crippen LogP contribution < -0.4 is 9.47 Å². The number of nitrogens with zero attached hydrogens (tertiary/aromatic N) is 2. The van der Waals surface area contributed by atoms with Crippen molar-refractivity contribution < 1.29 is 14.3 Å². The molecule has 6 heteroatoms. The third-order valence-electron chi connectivity index (χ3n) is 3.82. The summed E-state index contributed by atoms with van der Waals surface area (Å²) in [5.74, 6) is 1.39. The third-order valence-corrected chi connectivity index (χ3v) is 4.80. The molecule has 2 heterocycles. The second-order valence-corrected chi connectivity index (χ2v) is 6.19. The highest BCUT2D eigenvalue weighted by Gasteiger charge is 2.33. The van der Waals surface area contributed by atoms with Crippen LogP contribution in [0.5, 0.6) is 11.5 Å². The first-order valence-corrected chi connectivity index (χ1v) is 8.15. The van der Waals surface area contributed by atoms with E-state index in [2.05, 4.69) is 5.10 Å². The van der Waals surface area contributed by atoms with Crippen molar-refractivity contribution in [2.45, 2.75) is 19.4 Å². The molecule has 5 nitrogen and oxygen atoms in total. The first-order chi connectivity index (χ1) is 11.1. The van der Waals surface area contributed by atoms with Crippen molar-refractivity contribution in [3.63, 3.8) is 0 Å². The molecule has 0 bridgehead atoms. The van der Waals surface area contributed by atoms with Crippen LogP contribution >= 0.6 is 11.3 Å². The lowest BCUT2D eigenvalue weighted by Crippen LogP contribution is -2.23. The zero-order valence-electron chi connectivity index (χ0n) is 13.3. The summed E-state index contributed by atoms with van der Waals surface area (Å²) in [6, 6.07) is 9.56. The van der Waals surface area contributed by atoms with E-state index in [4.69, 9.17) is 9.47 Å². The third kappa shape index (κ3) is 2.94. The molecule has 0 saturated carbocycles. The number of hydrogen-bond acceptors (Lipinski definition) is 5. The average molecular weight is 330 g/mol. The van der Waals surface area contributed by atoms with Gasteiger partial charge in [0.2, 0.25) is 5.91 Å². The van der Waals surface area contributed by atoms with Gasteiger partial charge in [-0.3, -0.25) is 4.79 Å². The Morgan fingerprint density at radius 2 is 2.13 bits per heavy atom. The smallest absolute Gasteiger partial charge is 0.240 e. The van der Waals surface area contributed by atoms with E-state index >= 15 is 0 Å². The second-order valence-electron chi connectivity index (χ2n) is 5.21. The Morgan fingerprint density at radius 1 is 1.30 bits per heavy atom. The van der Waals surface area contributed by atoms with Gasteiger partial charge in [-0.1, -0.05) is 6.07 Å². The van der Waals surface area contributed by atoms with E-state index in [0.717, 1.165) is 27.7 Å². The zero-order chi connectivity index (χ0) is 16.4. The van der Waals surface area contributed by atoms with Crippen molar-refractivity contribution in [1.29, 1.82) is 0 Å². The molecule has 1 amide bonds. The molecule has 0 unspecified atom stereocenters. The molecule has 1 aliphatic heterocycles. The van der Waals surface area contributed by atoms with Crippen molar-refractivity contribution >= 4 is 23.0 Å². The Balaban J connectivity index is 2.00. The average Bonchev–Trinajstić information content (AvgIpc) is 3.23. The topological polar surface area (TPSA) is 51.1 Å². The molecule has 0 aliphatic carbocycles. The zero-order valence-corrected chi connectivity index (χ0v) is 14.1. The predicted molar refractivity (Wildman–Crippen MR) is 90.3 cm³/mol. The fourth-order valence-electron chi connectivity index (χ4n) is 2.71. The maximum absolute atomic E-state index is 12.0. The molecular formula is C17H18N2O3S. The lowest BCUT2D eigenvalue weighted by molar-refractivity contribution is -0.130. The number of carbonyl (C=O) groups is 1. The molecule has 0 saturated heterocycles. The van der Waals surface area contributed by atoms with Crippen LogP contribution in [0, 0.1) is 0 Å². The van der Waals surface area contributed by atoms with E-state index < -0.39 is 0 Å². The van der Waals surface area contributed by atoms with Crippen LogP contribution in [0.4, 0.5) is 0 Å². The maximum atomic E-state index is 12.0. The quantitative estimate of drug-likeness (QED) is 0.862. The minimum absolute atomic E-state index is 0.0570. The SMILES string of the molecule is COc1ccc(OC)c(C2=NN(C(C)=O)[C@@H](c3cccs3)C2)c1. The Hall–Kier alpha value is -2.34. The largest absolute Gasteiger partial charge is 0.497 e. The molecule has 3 rings (SSSR count). The standard InChI is InChI=1S/C17H18N2O3S/c1-11(20)19-15(17-5-4-8-23-17)10-14(18-19)13-9-12(21-2)6-7-16(13)22-3/h4-9,15H,10H2,1-3H3/t15-/m1/s1. The summed E-state index contributed by atoms with van der Waals surface area (Å²) in [5.41, 5.74) is 1.69. The number of rotatable bonds is 4. The first kappa shape index (κ1) is 15.6.